The van der Waals surface area contributed by atoms with Gasteiger partial charge in [0.1, 0.15) is 11.6 Å². The number of anilines is 2. The molecule has 3 aromatic rings. The van der Waals surface area contributed by atoms with Crippen molar-refractivity contribution in [2.24, 2.45) is 0 Å². The minimum atomic E-state index is -0.553. The number of halogens is 2. The molecule has 3 aromatic carbocycles. The van der Waals surface area contributed by atoms with Crippen LogP contribution < -0.4 is 4.90 Å². The van der Waals surface area contributed by atoms with Gasteiger partial charge in [0.05, 0.1) is 0 Å². The molecule has 25 heavy (non-hydrogen) atoms. The zero-order valence-corrected chi connectivity index (χ0v) is 14.1. The third kappa shape index (κ3) is 3.14. The summed E-state index contributed by atoms with van der Waals surface area (Å²) in [4.78, 5) is 2.30. The van der Waals surface area contributed by atoms with Gasteiger partial charge in [-0.1, -0.05) is 24.3 Å². The molecule has 3 heteroatoms. The van der Waals surface area contributed by atoms with Gasteiger partial charge in [-0.25, -0.2) is 8.78 Å². The Hall–Kier alpha value is -2.68. The van der Waals surface area contributed by atoms with Crippen molar-refractivity contribution >= 4 is 11.4 Å². The summed E-state index contributed by atoms with van der Waals surface area (Å²) >= 11 is 0. The second-order valence-corrected chi connectivity index (χ2v) is 6.60. The Morgan fingerprint density at radius 3 is 2.40 bits per heavy atom. The molecule has 0 bridgehead atoms. The Labute approximate surface area is 146 Å². The quantitative estimate of drug-likeness (QED) is 0.553. The maximum atomic E-state index is 13.6. The van der Waals surface area contributed by atoms with Crippen LogP contribution in [-0.4, -0.2) is 6.54 Å². The van der Waals surface area contributed by atoms with Crippen LogP contribution in [0.3, 0.4) is 0 Å². The number of nitrogens with zero attached hydrogens (tertiary/aromatic N) is 1. The van der Waals surface area contributed by atoms with Gasteiger partial charge in [-0.05, 0) is 72.4 Å². The number of fused-ring (bicyclic) bond motifs is 1. The molecule has 1 heterocycles. The van der Waals surface area contributed by atoms with Gasteiger partial charge >= 0.3 is 0 Å². The first-order valence-electron chi connectivity index (χ1n) is 8.54. The number of rotatable bonds is 2. The Balaban J connectivity index is 1.81. The topological polar surface area (TPSA) is 3.24 Å². The molecule has 0 aliphatic carbocycles. The van der Waals surface area contributed by atoms with Gasteiger partial charge in [0.15, 0.2) is 0 Å². The summed E-state index contributed by atoms with van der Waals surface area (Å²) in [6.07, 6.45) is 2.12. The summed E-state index contributed by atoms with van der Waals surface area (Å²) in [5.41, 5.74) is 6.16. The molecule has 4 rings (SSSR count). The Morgan fingerprint density at radius 2 is 1.64 bits per heavy atom. The van der Waals surface area contributed by atoms with E-state index in [0.29, 0.717) is 5.56 Å². The van der Waals surface area contributed by atoms with Crippen molar-refractivity contribution in [3.63, 3.8) is 0 Å². The molecule has 0 aromatic heterocycles. The fourth-order valence-electron chi connectivity index (χ4n) is 3.54. The Kier molecular flexibility index (Phi) is 4.00. The van der Waals surface area contributed by atoms with E-state index in [0.717, 1.165) is 42.4 Å². The fourth-order valence-corrected chi connectivity index (χ4v) is 3.54. The monoisotopic (exact) mass is 335 g/mol. The third-order valence-corrected chi connectivity index (χ3v) is 4.71. The van der Waals surface area contributed by atoms with Gasteiger partial charge in [0, 0.05) is 24.0 Å². The molecule has 0 unspecified atom stereocenters. The summed E-state index contributed by atoms with van der Waals surface area (Å²) < 4.78 is 27.2. The van der Waals surface area contributed by atoms with Crippen LogP contribution in [-0.2, 0) is 6.42 Å². The lowest BCUT2D eigenvalue weighted by molar-refractivity contribution is 0.584. The van der Waals surface area contributed by atoms with E-state index in [4.69, 9.17) is 0 Å². The van der Waals surface area contributed by atoms with E-state index in [9.17, 15) is 8.78 Å². The Bertz CT molecular complexity index is 913. The van der Waals surface area contributed by atoms with Gasteiger partial charge in [-0.15, -0.1) is 0 Å². The predicted molar refractivity (Wildman–Crippen MR) is 98.3 cm³/mol. The van der Waals surface area contributed by atoms with Crippen LogP contribution in [0.5, 0.6) is 0 Å². The van der Waals surface area contributed by atoms with E-state index < -0.39 is 11.6 Å². The predicted octanol–water partition coefficient (Wildman–Crippen LogP) is 6.02. The van der Waals surface area contributed by atoms with Crippen molar-refractivity contribution < 1.29 is 8.78 Å². The van der Waals surface area contributed by atoms with Gasteiger partial charge in [0.25, 0.3) is 0 Å². The number of hydrogen-bond donors (Lipinski definition) is 0. The van der Waals surface area contributed by atoms with Crippen LogP contribution >= 0.6 is 0 Å². The molecule has 1 nitrogen and oxygen atoms in total. The normalized spacial score (nSPS) is 13.6. The van der Waals surface area contributed by atoms with Crippen molar-refractivity contribution in [1.82, 2.24) is 0 Å². The molecule has 1 aliphatic rings. The van der Waals surface area contributed by atoms with Crippen LogP contribution in [0.4, 0.5) is 20.2 Å². The SMILES string of the molecule is Cc1cccc(N2CCCc3ccc(-c4cc(F)cc(F)c4)cc32)c1. The lowest BCUT2D eigenvalue weighted by Crippen LogP contribution is -2.24. The minimum Gasteiger partial charge on any atom is -0.341 e. The minimum absolute atomic E-state index is 0.553. The molecular formula is C22H19F2N. The summed E-state index contributed by atoms with van der Waals surface area (Å²) in [7, 11) is 0. The number of aryl methyl sites for hydroxylation is 2. The molecular weight excluding hydrogens is 316 g/mol. The fraction of sp³-hybridized carbons (Fsp3) is 0.182. The van der Waals surface area contributed by atoms with E-state index in [-0.39, 0.29) is 0 Å². The molecule has 126 valence electrons. The van der Waals surface area contributed by atoms with E-state index in [1.165, 1.54) is 23.3 Å². The van der Waals surface area contributed by atoms with Gasteiger partial charge < -0.3 is 4.90 Å². The van der Waals surface area contributed by atoms with Crippen molar-refractivity contribution in [1.29, 1.82) is 0 Å². The second kappa shape index (κ2) is 6.32. The van der Waals surface area contributed by atoms with Crippen molar-refractivity contribution in [3.8, 4) is 11.1 Å². The maximum Gasteiger partial charge on any atom is 0.126 e. The zero-order valence-electron chi connectivity index (χ0n) is 14.1. The van der Waals surface area contributed by atoms with Crippen molar-refractivity contribution in [2.45, 2.75) is 19.8 Å². The largest absolute Gasteiger partial charge is 0.341 e. The van der Waals surface area contributed by atoms with Crippen molar-refractivity contribution in [2.75, 3.05) is 11.4 Å². The summed E-state index contributed by atoms with van der Waals surface area (Å²) in [5, 5.41) is 0. The summed E-state index contributed by atoms with van der Waals surface area (Å²) in [5.74, 6) is -1.11. The van der Waals surface area contributed by atoms with E-state index >= 15 is 0 Å². The Morgan fingerprint density at radius 1 is 0.840 bits per heavy atom. The lowest BCUT2D eigenvalue weighted by atomic mass is 9.96. The van der Waals surface area contributed by atoms with Crippen LogP contribution in [0.1, 0.15) is 17.5 Å². The summed E-state index contributed by atoms with van der Waals surface area (Å²) in [6, 6.07) is 18.2. The molecule has 0 atom stereocenters. The smallest absolute Gasteiger partial charge is 0.126 e. The third-order valence-electron chi connectivity index (χ3n) is 4.71. The van der Waals surface area contributed by atoms with Gasteiger partial charge in [0.2, 0.25) is 0 Å². The van der Waals surface area contributed by atoms with Crippen LogP contribution in [0.2, 0.25) is 0 Å². The molecule has 0 saturated heterocycles. The molecule has 0 radical (unpaired) electrons. The molecule has 0 amide bonds. The van der Waals surface area contributed by atoms with Crippen LogP contribution in [0.15, 0.2) is 60.7 Å². The van der Waals surface area contributed by atoms with Crippen LogP contribution in [0.25, 0.3) is 11.1 Å². The maximum absolute atomic E-state index is 13.6. The van der Waals surface area contributed by atoms with Crippen molar-refractivity contribution in [3.05, 3.63) is 83.4 Å². The first-order valence-corrected chi connectivity index (χ1v) is 8.54. The number of hydrogen-bond acceptors (Lipinski definition) is 1. The highest BCUT2D eigenvalue weighted by Crippen LogP contribution is 2.37. The van der Waals surface area contributed by atoms with E-state index in [2.05, 4.69) is 42.2 Å². The highest BCUT2D eigenvalue weighted by molar-refractivity contribution is 5.75. The highest BCUT2D eigenvalue weighted by Gasteiger charge is 2.19. The molecule has 0 spiro atoms. The van der Waals surface area contributed by atoms with Gasteiger partial charge in [-0.3, -0.25) is 0 Å². The van der Waals surface area contributed by atoms with E-state index in [1.54, 1.807) is 0 Å². The van der Waals surface area contributed by atoms with E-state index in [1.807, 2.05) is 12.1 Å². The standard InChI is InChI=1S/C22H19F2N/c1-15-4-2-6-21(10-15)25-9-3-5-16-7-8-17(13-22(16)25)18-11-19(23)14-20(24)12-18/h2,4,6-8,10-14H,3,5,9H2,1H3. The lowest BCUT2D eigenvalue weighted by Gasteiger charge is -2.32. The molecule has 0 saturated carbocycles. The second-order valence-electron chi connectivity index (χ2n) is 6.60. The van der Waals surface area contributed by atoms with Gasteiger partial charge in [-0.2, -0.15) is 0 Å². The van der Waals surface area contributed by atoms with Crippen LogP contribution in [0, 0.1) is 18.6 Å². The molecule has 1 aliphatic heterocycles. The zero-order chi connectivity index (χ0) is 17.4. The molecule has 0 N–H and O–H groups in total. The average Bonchev–Trinajstić information content (AvgIpc) is 2.60. The first kappa shape index (κ1) is 15.8. The first-order chi connectivity index (χ1) is 12.1. The highest BCUT2D eigenvalue weighted by atomic mass is 19.1. The average molecular weight is 335 g/mol. The number of benzene rings is 3. The molecule has 0 fully saturated rings. The summed E-state index contributed by atoms with van der Waals surface area (Å²) in [6.45, 7) is 3.03.